The minimum atomic E-state index is 0.854. The molecule has 0 N–H and O–H groups in total. The van der Waals surface area contributed by atoms with E-state index in [1.54, 1.807) is 0 Å². The molecule has 0 fully saturated rings. The van der Waals surface area contributed by atoms with Gasteiger partial charge in [0.1, 0.15) is 22.3 Å². The SMILES string of the molecule is c1ccc(-c2ccc(N(c3ccccc3-c3cccc4oc5cc6ccccc6cc5c34)c3cccc4oc5c6ccccc6ccc5c34)cc2)cc1. The lowest BCUT2D eigenvalue weighted by molar-refractivity contribution is 0.669. The van der Waals surface area contributed by atoms with Crippen LogP contribution in [0, 0.1) is 0 Å². The van der Waals surface area contributed by atoms with Gasteiger partial charge in [-0.15, -0.1) is 0 Å². The molecule has 0 saturated heterocycles. The largest absolute Gasteiger partial charge is 0.456 e. The Morgan fingerprint density at radius 1 is 0.340 bits per heavy atom. The van der Waals surface area contributed by atoms with Crippen molar-refractivity contribution in [2.75, 3.05) is 4.90 Å². The number of para-hydroxylation sites is 1. The van der Waals surface area contributed by atoms with E-state index in [2.05, 4.69) is 193 Å². The van der Waals surface area contributed by atoms with Crippen molar-refractivity contribution in [3.8, 4) is 22.3 Å². The fourth-order valence-electron chi connectivity index (χ4n) is 8.20. The lowest BCUT2D eigenvalue weighted by Crippen LogP contribution is -2.11. The first-order valence-electron chi connectivity index (χ1n) is 18.0. The summed E-state index contributed by atoms with van der Waals surface area (Å²) in [4.78, 5) is 2.40. The first-order chi connectivity index (χ1) is 26.3. The average molecular weight is 678 g/mol. The molecule has 248 valence electrons. The average Bonchev–Trinajstić information content (AvgIpc) is 3.80. The van der Waals surface area contributed by atoms with Gasteiger partial charge in [-0.3, -0.25) is 0 Å². The van der Waals surface area contributed by atoms with Gasteiger partial charge in [-0.2, -0.15) is 0 Å². The van der Waals surface area contributed by atoms with Crippen LogP contribution in [0.4, 0.5) is 17.1 Å². The van der Waals surface area contributed by atoms with Crippen molar-refractivity contribution in [2.45, 2.75) is 0 Å². The van der Waals surface area contributed by atoms with Gasteiger partial charge in [0.25, 0.3) is 0 Å². The molecular formula is C50H31NO2. The van der Waals surface area contributed by atoms with E-state index < -0.39 is 0 Å². The third-order valence-corrected chi connectivity index (χ3v) is 10.6. The molecule has 0 spiro atoms. The van der Waals surface area contributed by atoms with E-state index in [-0.39, 0.29) is 0 Å². The van der Waals surface area contributed by atoms with Gasteiger partial charge in [-0.25, -0.2) is 0 Å². The molecule has 0 atom stereocenters. The molecule has 0 aliphatic rings. The Bertz CT molecular complexity index is 3170. The van der Waals surface area contributed by atoms with Gasteiger partial charge in [0.05, 0.1) is 16.8 Å². The highest BCUT2D eigenvalue weighted by Crippen LogP contribution is 2.48. The molecule has 2 aromatic heterocycles. The second-order valence-corrected chi connectivity index (χ2v) is 13.7. The van der Waals surface area contributed by atoms with Crippen LogP contribution in [0.1, 0.15) is 0 Å². The van der Waals surface area contributed by atoms with E-state index in [9.17, 15) is 0 Å². The number of hydrogen-bond acceptors (Lipinski definition) is 3. The van der Waals surface area contributed by atoms with E-state index in [4.69, 9.17) is 8.83 Å². The zero-order valence-corrected chi connectivity index (χ0v) is 28.7. The Morgan fingerprint density at radius 2 is 0.981 bits per heavy atom. The Labute approximate surface area is 305 Å². The van der Waals surface area contributed by atoms with Crippen molar-refractivity contribution in [1.82, 2.24) is 0 Å². The summed E-state index contributed by atoms with van der Waals surface area (Å²) in [5.41, 5.74) is 11.3. The fourth-order valence-corrected chi connectivity index (χ4v) is 8.20. The Kier molecular flexibility index (Phi) is 6.55. The number of rotatable bonds is 5. The maximum absolute atomic E-state index is 6.71. The summed E-state index contributed by atoms with van der Waals surface area (Å²) >= 11 is 0. The van der Waals surface area contributed by atoms with Crippen LogP contribution in [-0.4, -0.2) is 0 Å². The third kappa shape index (κ3) is 4.68. The smallest absolute Gasteiger partial charge is 0.143 e. The molecule has 0 unspecified atom stereocenters. The van der Waals surface area contributed by atoms with Gasteiger partial charge in [-0.1, -0.05) is 133 Å². The van der Waals surface area contributed by atoms with Crippen LogP contribution in [0.5, 0.6) is 0 Å². The monoisotopic (exact) mass is 677 g/mol. The summed E-state index contributed by atoms with van der Waals surface area (Å²) in [6, 6.07) is 66.7. The highest BCUT2D eigenvalue weighted by Gasteiger charge is 2.24. The van der Waals surface area contributed by atoms with Gasteiger partial charge in [0, 0.05) is 32.8 Å². The lowest BCUT2D eigenvalue weighted by atomic mass is 9.95. The molecule has 3 nitrogen and oxygen atoms in total. The predicted molar refractivity (Wildman–Crippen MR) is 222 cm³/mol. The van der Waals surface area contributed by atoms with Crippen LogP contribution >= 0.6 is 0 Å². The van der Waals surface area contributed by atoms with E-state index in [1.165, 1.54) is 21.9 Å². The minimum Gasteiger partial charge on any atom is -0.456 e. The standard InChI is InChI=1S/C50H31NO2/c1-2-12-32(13-3-1)33-24-27-37(28-25-33)51(44-21-11-23-46-49(44)41-29-26-34-14-6-7-17-38(34)50(41)53-46)43-20-9-8-18-39(43)40-19-10-22-45-48(40)42-30-35-15-4-5-16-36(35)31-47(42)52-45/h1-31H. The van der Waals surface area contributed by atoms with Gasteiger partial charge in [-0.05, 0) is 87.4 Å². The lowest BCUT2D eigenvalue weighted by Gasteiger charge is -2.29. The molecule has 0 aliphatic heterocycles. The number of anilines is 3. The molecule has 0 amide bonds. The van der Waals surface area contributed by atoms with Crippen LogP contribution in [0.15, 0.2) is 197 Å². The molecule has 2 heterocycles. The molecule has 0 radical (unpaired) electrons. The van der Waals surface area contributed by atoms with Crippen molar-refractivity contribution in [3.63, 3.8) is 0 Å². The summed E-state index contributed by atoms with van der Waals surface area (Å²) in [5, 5.41) is 9.01. The predicted octanol–water partition coefficient (Wildman–Crippen LogP) is 14.6. The Balaban J connectivity index is 1.19. The van der Waals surface area contributed by atoms with E-state index in [0.717, 1.165) is 82.8 Å². The fraction of sp³-hybridized carbons (Fsp3) is 0. The zero-order valence-electron chi connectivity index (χ0n) is 28.7. The first-order valence-corrected chi connectivity index (χ1v) is 18.0. The highest BCUT2D eigenvalue weighted by molar-refractivity contribution is 6.21. The van der Waals surface area contributed by atoms with Crippen LogP contribution in [0.25, 0.3) is 87.7 Å². The molecule has 0 aliphatic carbocycles. The number of benzene rings is 9. The molecule has 9 aromatic carbocycles. The van der Waals surface area contributed by atoms with E-state index >= 15 is 0 Å². The van der Waals surface area contributed by atoms with Gasteiger partial charge < -0.3 is 13.7 Å². The molecule has 0 saturated carbocycles. The number of fused-ring (bicyclic) bond motifs is 9. The second kappa shape index (κ2) is 11.7. The van der Waals surface area contributed by atoms with Crippen molar-refractivity contribution in [2.24, 2.45) is 0 Å². The summed E-state index contributed by atoms with van der Waals surface area (Å²) in [5.74, 6) is 0. The normalized spacial score (nSPS) is 11.8. The minimum absolute atomic E-state index is 0.854. The van der Waals surface area contributed by atoms with Crippen molar-refractivity contribution in [1.29, 1.82) is 0 Å². The summed E-state index contributed by atoms with van der Waals surface area (Å²) in [6.07, 6.45) is 0. The zero-order chi connectivity index (χ0) is 34.9. The molecular weight excluding hydrogens is 647 g/mol. The van der Waals surface area contributed by atoms with E-state index in [1.807, 2.05) is 0 Å². The first kappa shape index (κ1) is 29.6. The van der Waals surface area contributed by atoms with Crippen LogP contribution < -0.4 is 4.90 Å². The summed E-state index contributed by atoms with van der Waals surface area (Å²) in [7, 11) is 0. The highest BCUT2D eigenvalue weighted by atomic mass is 16.3. The third-order valence-electron chi connectivity index (χ3n) is 10.6. The molecule has 3 heteroatoms. The second-order valence-electron chi connectivity index (χ2n) is 13.7. The van der Waals surface area contributed by atoms with Crippen molar-refractivity contribution < 1.29 is 8.83 Å². The molecule has 0 bridgehead atoms. The molecule has 11 aromatic rings. The number of furan rings is 2. The topological polar surface area (TPSA) is 29.5 Å². The summed E-state index contributed by atoms with van der Waals surface area (Å²) < 4.78 is 13.3. The van der Waals surface area contributed by atoms with Crippen LogP contribution in [0.2, 0.25) is 0 Å². The van der Waals surface area contributed by atoms with Crippen molar-refractivity contribution >= 4 is 82.5 Å². The van der Waals surface area contributed by atoms with Crippen LogP contribution in [-0.2, 0) is 0 Å². The van der Waals surface area contributed by atoms with Gasteiger partial charge in [0.2, 0.25) is 0 Å². The van der Waals surface area contributed by atoms with Gasteiger partial charge in [0.15, 0.2) is 0 Å². The maximum atomic E-state index is 6.71. The molecule has 11 rings (SSSR count). The quantitative estimate of drug-likeness (QED) is 0.182. The number of nitrogens with zero attached hydrogens (tertiary/aromatic N) is 1. The van der Waals surface area contributed by atoms with E-state index in [0.29, 0.717) is 0 Å². The van der Waals surface area contributed by atoms with Crippen molar-refractivity contribution in [3.05, 3.63) is 188 Å². The molecule has 53 heavy (non-hydrogen) atoms. The Hall–Kier alpha value is -7.10. The Morgan fingerprint density at radius 3 is 1.83 bits per heavy atom. The van der Waals surface area contributed by atoms with Crippen LogP contribution in [0.3, 0.4) is 0 Å². The summed E-state index contributed by atoms with van der Waals surface area (Å²) in [6.45, 7) is 0. The maximum Gasteiger partial charge on any atom is 0.143 e. The number of hydrogen-bond donors (Lipinski definition) is 0. The van der Waals surface area contributed by atoms with Gasteiger partial charge >= 0.3 is 0 Å².